The lowest BCUT2D eigenvalue weighted by molar-refractivity contribution is -0.122. The lowest BCUT2D eigenvalue weighted by Crippen LogP contribution is -2.30. The Balaban J connectivity index is 1.68. The summed E-state index contributed by atoms with van der Waals surface area (Å²) in [6.07, 6.45) is -0.711. The quantitative estimate of drug-likeness (QED) is 0.581. The molecule has 29 heavy (non-hydrogen) atoms. The summed E-state index contributed by atoms with van der Waals surface area (Å²) in [5.41, 5.74) is 2.49. The molecule has 0 aliphatic rings. The Morgan fingerprint density at radius 1 is 0.897 bits per heavy atom. The van der Waals surface area contributed by atoms with Crippen molar-refractivity contribution in [3.05, 3.63) is 88.9 Å². The fraction of sp³-hybridized carbons (Fsp3) is 0.130. The zero-order valence-electron chi connectivity index (χ0n) is 16.1. The van der Waals surface area contributed by atoms with Crippen LogP contribution < -0.4 is 15.4 Å². The molecular weight excluding hydrogens is 388 g/mol. The van der Waals surface area contributed by atoms with E-state index in [1.807, 2.05) is 25.1 Å². The van der Waals surface area contributed by atoms with Gasteiger partial charge < -0.3 is 15.4 Å². The monoisotopic (exact) mass is 408 g/mol. The largest absolute Gasteiger partial charge is 0.481 e. The molecule has 3 aromatic carbocycles. The highest BCUT2D eigenvalue weighted by molar-refractivity contribution is 6.30. The molecule has 0 aromatic heterocycles. The summed E-state index contributed by atoms with van der Waals surface area (Å²) in [6, 6.07) is 21.1. The summed E-state index contributed by atoms with van der Waals surface area (Å²) in [6.45, 7) is 3.63. The van der Waals surface area contributed by atoms with Crippen molar-refractivity contribution in [1.29, 1.82) is 0 Å². The van der Waals surface area contributed by atoms with E-state index in [4.69, 9.17) is 16.3 Å². The second-order valence-corrected chi connectivity index (χ2v) is 7.01. The average molecular weight is 409 g/mol. The van der Waals surface area contributed by atoms with Crippen molar-refractivity contribution < 1.29 is 14.3 Å². The molecule has 5 nitrogen and oxygen atoms in total. The average Bonchev–Trinajstić information content (AvgIpc) is 2.70. The zero-order valence-corrected chi connectivity index (χ0v) is 16.9. The Bertz CT molecular complexity index is 1020. The van der Waals surface area contributed by atoms with Gasteiger partial charge in [0.15, 0.2) is 6.10 Å². The Morgan fingerprint density at radius 3 is 2.21 bits per heavy atom. The molecule has 0 radical (unpaired) electrons. The number of ether oxygens (including phenoxy) is 1. The molecule has 0 heterocycles. The van der Waals surface area contributed by atoms with Crippen molar-refractivity contribution in [2.24, 2.45) is 0 Å². The molecule has 0 spiro atoms. The standard InChI is InChI=1S/C23H21ClN2O3/c1-15-6-5-7-19(14-15)29-16(2)22(27)25-20-8-3-4-9-21(20)26-23(28)17-10-12-18(24)13-11-17/h3-14,16H,1-2H3,(H,25,27)(H,26,28). The predicted molar refractivity (Wildman–Crippen MR) is 116 cm³/mol. The predicted octanol–water partition coefficient (Wildman–Crippen LogP) is 5.31. The summed E-state index contributed by atoms with van der Waals surface area (Å²) in [7, 11) is 0. The summed E-state index contributed by atoms with van der Waals surface area (Å²) < 4.78 is 5.72. The number of halogens is 1. The van der Waals surface area contributed by atoms with Gasteiger partial charge in [0.05, 0.1) is 11.4 Å². The molecule has 148 valence electrons. The Kier molecular flexibility index (Phi) is 6.52. The van der Waals surface area contributed by atoms with Crippen molar-refractivity contribution in [3.8, 4) is 5.75 Å². The Labute approximate surface area is 174 Å². The molecule has 0 aliphatic carbocycles. The van der Waals surface area contributed by atoms with Crippen molar-refractivity contribution in [3.63, 3.8) is 0 Å². The molecule has 2 amide bonds. The van der Waals surface area contributed by atoms with Crippen LogP contribution in [0.3, 0.4) is 0 Å². The maximum absolute atomic E-state index is 12.6. The number of aryl methyl sites for hydroxylation is 1. The normalized spacial score (nSPS) is 11.4. The van der Waals surface area contributed by atoms with Crippen LogP contribution in [0.15, 0.2) is 72.8 Å². The van der Waals surface area contributed by atoms with Crippen LogP contribution >= 0.6 is 11.6 Å². The van der Waals surface area contributed by atoms with E-state index in [1.54, 1.807) is 61.5 Å². The highest BCUT2D eigenvalue weighted by Crippen LogP contribution is 2.23. The first-order valence-electron chi connectivity index (χ1n) is 9.12. The van der Waals surface area contributed by atoms with E-state index < -0.39 is 6.10 Å². The first-order valence-corrected chi connectivity index (χ1v) is 9.50. The summed E-state index contributed by atoms with van der Waals surface area (Å²) in [5.74, 6) is 0.00380. The van der Waals surface area contributed by atoms with Gasteiger partial charge in [-0.05, 0) is 67.9 Å². The van der Waals surface area contributed by atoms with Crippen LogP contribution in [0.2, 0.25) is 5.02 Å². The molecule has 6 heteroatoms. The fourth-order valence-electron chi connectivity index (χ4n) is 2.68. The van der Waals surface area contributed by atoms with Crippen LogP contribution in [0.4, 0.5) is 11.4 Å². The Hall–Kier alpha value is -3.31. The van der Waals surface area contributed by atoms with E-state index in [2.05, 4.69) is 10.6 Å². The van der Waals surface area contributed by atoms with Gasteiger partial charge in [-0.1, -0.05) is 35.9 Å². The molecule has 0 saturated heterocycles. The highest BCUT2D eigenvalue weighted by Gasteiger charge is 2.17. The Morgan fingerprint density at radius 2 is 1.55 bits per heavy atom. The fourth-order valence-corrected chi connectivity index (χ4v) is 2.80. The minimum Gasteiger partial charge on any atom is -0.481 e. The molecule has 1 unspecified atom stereocenters. The lowest BCUT2D eigenvalue weighted by Gasteiger charge is -2.17. The van der Waals surface area contributed by atoms with Crippen LogP contribution in [0.25, 0.3) is 0 Å². The number of hydrogen-bond acceptors (Lipinski definition) is 3. The molecule has 0 aliphatic heterocycles. The van der Waals surface area contributed by atoms with Gasteiger partial charge in [-0.2, -0.15) is 0 Å². The number of para-hydroxylation sites is 2. The van der Waals surface area contributed by atoms with Gasteiger partial charge in [0.2, 0.25) is 0 Å². The van der Waals surface area contributed by atoms with E-state index in [-0.39, 0.29) is 11.8 Å². The second-order valence-electron chi connectivity index (χ2n) is 6.57. The van der Waals surface area contributed by atoms with Crippen LogP contribution in [-0.2, 0) is 4.79 Å². The van der Waals surface area contributed by atoms with Crippen molar-refractivity contribution >= 4 is 34.8 Å². The van der Waals surface area contributed by atoms with Crippen LogP contribution in [0, 0.1) is 6.92 Å². The molecule has 0 bridgehead atoms. The summed E-state index contributed by atoms with van der Waals surface area (Å²) in [4.78, 5) is 25.1. The topological polar surface area (TPSA) is 67.4 Å². The minimum absolute atomic E-state index is 0.299. The lowest BCUT2D eigenvalue weighted by atomic mass is 10.2. The number of hydrogen-bond donors (Lipinski definition) is 2. The van der Waals surface area contributed by atoms with E-state index in [0.717, 1.165) is 5.56 Å². The van der Waals surface area contributed by atoms with E-state index in [9.17, 15) is 9.59 Å². The van der Waals surface area contributed by atoms with Crippen molar-refractivity contribution in [2.45, 2.75) is 20.0 Å². The van der Waals surface area contributed by atoms with Gasteiger partial charge >= 0.3 is 0 Å². The van der Waals surface area contributed by atoms with Gasteiger partial charge in [-0.15, -0.1) is 0 Å². The van der Waals surface area contributed by atoms with Gasteiger partial charge in [0.1, 0.15) is 5.75 Å². The van der Waals surface area contributed by atoms with Crippen LogP contribution in [-0.4, -0.2) is 17.9 Å². The van der Waals surface area contributed by atoms with Crippen LogP contribution in [0.1, 0.15) is 22.8 Å². The van der Waals surface area contributed by atoms with Crippen molar-refractivity contribution in [1.82, 2.24) is 0 Å². The first-order chi connectivity index (χ1) is 13.9. The number of carbonyl (C=O) groups is 2. The third-order valence-corrected chi connectivity index (χ3v) is 4.46. The summed E-state index contributed by atoms with van der Waals surface area (Å²) >= 11 is 5.86. The number of carbonyl (C=O) groups excluding carboxylic acids is 2. The third kappa shape index (κ3) is 5.59. The number of rotatable bonds is 6. The molecule has 1 atom stereocenters. The maximum atomic E-state index is 12.6. The smallest absolute Gasteiger partial charge is 0.265 e. The number of amides is 2. The minimum atomic E-state index is -0.711. The van der Waals surface area contributed by atoms with Crippen LogP contribution in [0.5, 0.6) is 5.75 Å². The number of benzene rings is 3. The molecular formula is C23H21ClN2O3. The SMILES string of the molecule is Cc1cccc(OC(C)C(=O)Nc2ccccc2NC(=O)c2ccc(Cl)cc2)c1. The molecule has 2 N–H and O–H groups in total. The molecule has 0 saturated carbocycles. The van der Waals surface area contributed by atoms with Gasteiger partial charge in [0.25, 0.3) is 11.8 Å². The third-order valence-electron chi connectivity index (χ3n) is 4.21. The van der Waals surface area contributed by atoms with E-state index >= 15 is 0 Å². The van der Waals surface area contributed by atoms with Gasteiger partial charge in [-0.25, -0.2) is 0 Å². The molecule has 3 rings (SSSR count). The molecule has 0 fully saturated rings. The van der Waals surface area contributed by atoms with Gasteiger partial charge in [0, 0.05) is 10.6 Å². The number of anilines is 2. The van der Waals surface area contributed by atoms with E-state index in [0.29, 0.717) is 27.7 Å². The van der Waals surface area contributed by atoms with E-state index in [1.165, 1.54) is 0 Å². The van der Waals surface area contributed by atoms with Crippen molar-refractivity contribution in [2.75, 3.05) is 10.6 Å². The molecule has 3 aromatic rings. The number of nitrogens with one attached hydrogen (secondary N) is 2. The second kappa shape index (κ2) is 9.26. The summed E-state index contributed by atoms with van der Waals surface area (Å²) in [5, 5.41) is 6.17. The first kappa shape index (κ1) is 20.4. The highest BCUT2D eigenvalue weighted by atomic mass is 35.5. The zero-order chi connectivity index (χ0) is 20.8. The van der Waals surface area contributed by atoms with Gasteiger partial charge in [-0.3, -0.25) is 9.59 Å². The maximum Gasteiger partial charge on any atom is 0.265 e.